The fraction of sp³-hybridized carbons (Fsp3) is 0.538. The molecule has 0 aliphatic carbocycles. The third-order valence-electron chi connectivity index (χ3n) is 2.79. The number of nitrogens with one attached hydrogen (secondary N) is 1. The van der Waals surface area contributed by atoms with Gasteiger partial charge in [0.2, 0.25) is 10.0 Å². The van der Waals surface area contributed by atoms with Crippen LogP contribution in [-0.2, 0) is 21.3 Å². The van der Waals surface area contributed by atoms with E-state index >= 15 is 0 Å². The van der Waals surface area contributed by atoms with Crippen LogP contribution in [-0.4, -0.2) is 27.2 Å². The highest BCUT2D eigenvalue weighted by Gasteiger charge is 2.24. The lowest BCUT2D eigenvalue weighted by molar-refractivity contribution is -0.00515. The first-order valence-electron chi connectivity index (χ1n) is 6.34. The molecule has 0 amide bonds. The Bertz CT molecular complexity index is 559. The molecule has 1 aromatic rings. The molecule has 0 aromatic heterocycles. The van der Waals surface area contributed by atoms with Gasteiger partial charge in [0.1, 0.15) is 5.82 Å². The fourth-order valence-corrected chi connectivity index (χ4v) is 3.23. The van der Waals surface area contributed by atoms with Crippen LogP contribution in [0.3, 0.4) is 0 Å². The molecule has 0 unspecified atom stereocenters. The van der Waals surface area contributed by atoms with Crippen molar-refractivity contribution in [1.82, 2.24) is 4.72 Å². The van der Waals surface area contributed by atoms with Gasteiger partial charge in [0.15, 0.2) is 0 Å². The van der Waals surface area contributed by atoms with Gasteiger partial charge in [-0.1, -0.05) is 6.07 Å². The topological polar surface area (TPSA) is 81.4 Å². The summed E-state index contributed by atoms with van der Waals surface area (Å²) < 4.78 is 45.9. The summed E-state index contributed by atoms with van der Waals surface area (Å²) in [5.41, 5.74) is 4.76. The molecule has 0 atom stereocenters. The van der Waals surface area contributed by atoms with Gasteiger partial charge in [-0.2, -0.15) is 0 Å². The first kappa shape index (κ1) is 17.0. The molecule has 0 saturated carbocycles. The lowest BCUT2D eigenvalue weighted by Gasteiger charge is -2.25. The van der Waals surface area contributed by atoms with Crippen molar-refractivity contribution in [2.75, 3.05) is 13.2 Å². The number of sulfonamides is 1. The number of nitrogens with two attached hydrogens (primary N) is 1. The van der Waals surface area contributed by atoms with Gasteiger partial charge in [0.05, 0.1) is 10.5 Å². The van der Waals surface area contributed by atoms with Gasteiger partial charge in [0.25, 0.3) is 0 Å². The number of hydrogen-bond acceptors (Lipinski definition) is 4. The largest absolute Gasteiger partial charge is 0.375 e. The van der Waals surface area contributed by atoms with E-state index in [4.69, 9.17) is 10.5 Å². The zero-order valence-electron chi connectivity index (χ0n) is 11.9. The van der Waals surface area contributed by atoms with Crippen LogP contribution in [0.15, 0.2) is 23.1 Å². The predicted molar refractivity (Wildman–Crippen MR) is 75.2 cm³/mol. The van der Waals surface area contributed by atoms with E-state index in [1.54, 1.807) is 13.8 Å². The van der Waals surface area contributed by atoms with Crippen LogP contribution in [0.5, 0.6) is 0 Å². The van der Waals surface area contributed by atoms with E-state index in [1.165, 1.54) is 18.2 Å². The Hall–Kier alpha value is -1.02. The Morgan fingerprint density at radius 1 is 1.40 bits per heavy atom. The summed E-state index contributed by atoms with van der Waals surface area (Å²) >= 11 is 0. The Kier molecular flexibility index (Phi) is 5.64. The Balaban J connectivity index is 2.98. The van der Waals surface area contributed by atoms with Crippen molar-refractivity contribution in [3.63, 3.8) is 0 Å². The summed E-state index contributed by atoms with van der Waals surface area (Å²) in [5, 5.41) is 0. The molecule has 3 N–H and O–H groups in total. The Morgan fingerprint density at radius 2 is 2.05 bits per heavy atom. The smallest absolute Gasteiger partial charge is 0.241 e. The monoisotopic (exact) mass is 304 g/mol. The average molecular weight is 304 g/mol. The standard InChI is InChI=1S/C13H21FN2O3S/c1-4-19-13(2,3)9-16-20(17,18)12-7-5-6-11(14)10(12)8-15/h5-7,16H,4,8-9,15H2,1-3H3. The van der Waals surface area contributed by atoms with Crippen molar-refractivity contribution in [2.45, 2.75) is 37.8 Å². The summed E-state index contributed by atoms with van der Waals surface area (Å²) in [6.07, 6.45) is 0. The maximum Gasteiger partial charge on any atom is 0.241 e. The molecular weight excluding hydrogens is 283 g/mol. The second-order valence-corrected chi connectivity index (χ2v) is 6.67. The van der Waals surface area contributed by atoms with Crippen LogP contribution in [0, 0.1) is 5.82 Å². The molecular formula is C13H21FN2O3S. The van der Waals surface area contributed by atoms with Gasteiger partial charge >= 0.3 is 0 Å². The van der Waals surface area contributed by atoms with Crippen molar-refractivity contribution >= 4 is 10.0 Å². The van der Waals surface area contributed by atoms with Crippen LogP contribution >= 0.6 is 0 Å². The molecule has 0 bridgehead atoms. The summed E-state index contributed by atoms with van der Waals surface area (Å²) in [7, 11) is -3.83. The van der Waals surface area contributed by atoms with Gasteiger partial charge in [-0.25, -0.2) is 17.5 Å². The van der Waals surface area contributed by atoms with E-state index in [0.29, 0.717) is 6.61 Å². The summed E-state index contributed by atoms with van der Waals surface area (Å²) in [6.45, 7) is 5.75. The van der Waals surface area contributed by atoms with Crippen LogP contribution in [0.25, 0.3) is 0 Å². The normalized spacial score (nSPS) is 12.7. The minimum atomic E-state index is -3.83. The summed E-state index contributed by atoms with van der Waals surface area (Å²) in [6, 6.07) is 3.86. The molecule has 0 saturated heterocycles. The Morgan fingerprint density at radius 3 is 2.60 bits per heavy atom. The molecule has 114 valence electrons. The van der Waals surface area contributed by atoms with Crippen LogP contribution in [0.1, 0.15) is 26.3 Å². The first-order chi connectivity index (χ1) is 9.23. The molecule has 7 heteroatoms. The zero-order valence-corrected chi connectivity index (χ0v) is 12.8. The van der Waals surface area contributed by atoms with Crippen molar-refractivity contribution in [2.24, 2.45) is 5.73 Å². The quantitative estimate of drug-likeness (QED) is 0.797. The number of halogens is 1. The summed E-state index contributed by atoms with van der Waals surface area (Å²) in [4.78, 5) is -0.132. The molecule has 0 radical (unpaired) electrons. The second kappa shape index (κ2) is 6.62. The zero-order chi connectivity index (χ0) is 15.4. The maximum atomic E-state index is 13.6. The molecule has 0 spiro atoms. The third-order valence-corrected chi connectivity index (χ3v) is 4.28. The number of benzene rings is 1. The van der Waals surface area contributed by atoms with Crippen LogP contribution in [0.4, 0.5) is 4.39 Å². The number of hydrogen-bond donors (Lipinski definition) is 2. The Labute approximate surface area is 119 Å². The highest BCUT2D eigenvalue weighted by Crippen LogP contribution is 2.19. The van der Waals surface area contributed by atoms with E-state index in [9.17, 15) is 12.8 Å². The maximum absolute atomic E-state index is 13.6. The molecule has 1 rings (SSSR count). The van der Waals surface area contributed by atoms with Crippen molar-refractivity contribution in [3.05, 3.63) is 29.6 Å². The van der Waals surface area contributed by atoms with Gasteiger partial charge in [0, 0.05) is 25.3 Å². The highest BCUT2D eigenvalue weighted by molar-refractivity contribution is 7.89. The first-order valence-corrected chi connectivity index (χ1v) is 7.83. The minimum absolute atomic E-state index is 0.0192. The van der Waals surface area contributed by atoms with Gasteiger partial charge < -0.3 is 10.5 Å². The van der Waals surface area contributed by atoms with E-state index in [1.807, 2.05) is 6.92 Å². The van der Waals surface area contributed by atoms with E-state index in [2.05, 4.69) is 4.72 Å². The lowest BCUT2D eigenvalue weighted by atomic mass is 10.1. The van der Waals surface area contributed by atoms with E-state index in [0.717, 1.165) is 0 Å². The molecule has 5 nitrogen and oxygen atoms in total. The fourth-order valence-electron chi connectivity index (χ4n) is 1.78. The molecule has 0 heterocycles. The van der Waals surface area contributed by atoms with Crippen molar-refractivity contribution < 1.29 is 17.5 Å². The predicted octanol–water partition coefficient (Wildman–Crippen LogP) is 1.38. The molecule has 1 aromatic carbocycles. The second-order valence-electron chi connectivity index (χ2n) is 4.94. The molecule has 0 aliphatic rings. The summed E-state index contributed by atoms with van der Waals surface area (Å²) in [5.74, 6) is -0.626. The van der Waals surface area contributed by atoms with Crippen molar-refractivity contribution in [3.8, 4) is 0 Å². The van der Waals surface area contributed by atoms with Gasteiger partial charge in [-0.05, 0) is 32.9 Å². The third kappa shape index (κ3) is 4.24. The van der Waals surface area contributed by atoms with E-state index in [-0.39, 0.29) is 23.5 Å². The number of ether oxygens (including phenoxy) is 1. The SMILES string of the molecule is CCOC(C)(C)CNS(=O)(=O)c1cccc(F)c1CN. The van der Waals surface area contributed by atoms with Crippen LogP contribution in [0.2, 0.25) is 0 Å². The molecule has 0 fully saturated rings. The van der Waals surface area contributed by atoms with Gasteiger partial charge in [-0.15, -0.1) is 0 Å². The van der Waals surface area contributed by atoms with Crippen LogP contribution < -0.4 is 10.5 Å². The average Bonchev–Trinajstić information content (AvgIpc) is 2.36. The highest BCUT2D eigenvalue weighted by atomic mass is 32.2. The molecule has 20 heavy (non-hydrogen) atoms. The minimum Gasteiger partial charge on any atom is -0.375 e. The van der Waals surface area contributed by atoms with E-state index < -0.39 is 21.4 Å². The molecule has 0 aliphatic heterocycles. The number of rotatable bonds is 7. The van der Waals surface area contributed by atoms with Crippen molar-refractivity contribution in [1.29, 1.82) is 0 Å². The lowest BCUT2D eigenvalue weighted by Crippen LogP contribution is -2.40. The van der Waals surface area contributed by atoms with Gasteiger partial charge in [-0.3, -0.25) is 0 Å².